The molecule has 9 heteroatoms. The van der Waals surface area contributed by atoms with Gasteiger partial charge in [0.25, 0.3) is 0 Å². The number of benzene rings is 2. The van der Waals surface area contributed by atoms with Crippen LogP contribution in [0.25, 0.3) is 0 Å². The Kier molecular flexibility index (Phi) is 6.21. The van der Waals surface area contributed by atoms with E-state index in [2.05, 4.69) is 5.10 Å². The van der Waals surface area contributed by atoms with E-state index in [-0.39, 0.29) is 11.7 Å². The highest BCUT2D eigenvalue weighted by Gasteiger charge is 2.58. The Morgan fingerprint density at radius 3 is 2.38 bits per heavy atom. The maximum atomic E-state index is 12.7. The fraction of sp³-hybridized carbons (Fsp3) is 0.261. The third-order valence-electron chi connectivity index (χ3n) is 4.95. The lowest BCUT2D eigenvalue weighted by atomic mass is 10.2. The van der Waals surface area contributed by atoms with Crippen molar-refractivity contribution in [3.05, 3.63) is 70.8 Å². The molecule has 166 valence electrons. The summed E-state index contributed by atoms with van der Waals surface area (Å²) in [6, 6.07) is 17.6. The first-order valence-corrected chi connectivity index (χ1v) is 11.7. The number of hydrogen-bond acceptors (Lipinski definition) is 9. The lowest BCUT2D eigenvalue weighted by molar-refractivity contribution is -0.135. The van der Waals surface area contributed by atoms with Crippen molar-refractivity contribution in [3.63, 3.8) is 0 Å². The number of esters is 2. The van der Waals surface area contributed by atoms with E-state index in [1.165, 1.54) is 30.6 Å². The van der Waals surface area contributed by atoms with E-state index < -0.39 is 16.3 Å². The van der Waals surface area contributed by atoms with E-state index in [1.807, 2.05) is 73.3 Å². The average Bonchev–Trinajstić information content (AvgIpc) is 3.32. The third-order valence-corrected chi connectivity index (χ3v) is 7.80. The Bertz CT molecular complexity index is 1120. The first kappa shape index (κ1) is 22.3. The number of aryl methyl sites for hydroxylation is 1. The lowest BCUT2D eigenvalue weighted by Gasteiger charge is -2.41. The number of hydrazone groups is 1. The molecule has 0 aliphatic carbocycles. The molecule has 1 atom stereocenters. The molecule has 0 fully saturated rings. The molecule has 7 nitrogen and oxygen atoms in total. The summed E-state index contributed by atoms with van der Waals surface area (Å²) in [7, 11) is 1.36. The van der Waals surface area contributed by atoms with Gasteiger partial charge >= 0.3 is 11.9 Å². The number of nitrogens with zero attached hydrogens (tertiary/aromatic N) is 3. The predicted molar refractivity (Wildman–Crippen MR) is 129 cm³/mol. The summed E-state index contributed by atoms with van der Waals surface area (Å²) in [5.41, 5.74) is 3.43. The van der Waals surface area contributed by atoms with Crippen molar-refractivity contribution >= 4 is 51.9 Å². The molecule has 32 heavy (non-hydrogen) atoms. The van der Waals surface area contributed by atoms with Crippen molar-refractivity contribution in [2.24, 2.45) is 5.10 Å². The van der Waals surface area contributed by atoms with Crippen molar-refractivity contribution in [2.45, 2.75) is 25.1 Å². The summed E-state index contributed by atoms with van der Waals surface area (Å²) in [5.74, 6) is -0.926. The van der Waals surface area contributed by atoms with Gasteiger partial charge in [-0.15, -0.1) is 0 Å². The molecule has 2 aromatic carbocycles. The van der Waals surface area contributed by atoms with Gasteiger partial charge in [-0.1, -0.05) is 42.1 Å². The summed E-state index contributed by atoms with van der Waals surface area (Å²) in [6.45, 7) is 5.87. The van der Waals surface area contributed by atoms with Crippen LogP contribution in [0.2, 0.25) is 0 Å². The minimum atomic E-state index is -0.981. The van der Waals surface area contributed by atoms with E-state index in [9.17, 15) is 9.59 Å². The number of para-hydroxylation sites is 1. The zero-order valence-corrected chi connectivity index (χ0v) is 19.8. The predicted octanol–water partition coefficient (Wildman–Crippen LogP) is 4.69. The van der Waals surface area contributed by atoms with Crippen LogP contribution in [-0.2, 0) is 19.1 Å². The van der Waals surface area contributed by atoms with Crippen molar-refractivity contribution in [1.29, 1.82) is 0 Å². The fourth-order valence-corrected chi connectivity index (χ4v) is 6.56. The fourth-order valence-electron chi connectivity index (χ4n) is 3.59. The number of carbonyl (C=O) groups excluding carboxylic acids is 2. The normalized spacial score (nSPS) is 20.1. The molecule has 0 radical (unpaired) electrons. The zero-order valence-electron chi connectivity index (χ0n) is 18.2. The molecule has 0 bridgehead atoms. The van der Waals surface area contributed by atoms with Crippen molar-refractivity contribution < 1.29 is 19.1 Å². The van der Waals surface area contributed by atoms with E-state index >= 15 is 0 Å². The van der Waals surface area contributed by atoms with Crippen LogP contribution in [0.15, 0.2) is 70.3 Å². The van der Waals surface area contributed by atoms with Gasteiger partial charge in [-0.2, -0.15) is 5.10 Å². The van der Waals surface area contributed by atoms with Gasteiger partial charge in [-0.3, -0.25) is 0 Å². The first-order valence-electron chi connectivity index (χ1n) is 10.1. The Balaban J connectivity index is 1.90. The highest BCUT2D eigenvalue weighted by molar-refractivity contribution is 8.29. The van der Waals surface area contributed by atoms with Gasteiger partial charge in [0.2, 0.25) is 9.37 Å². The van der Waals surface area contributed by atoms with Crippen LogP contribution < -0.4 is 9.91 Å². The third kappa shape index (κ3) is 3.75. The monoisotopic (exact) mass is 469 g/mol. The quantitative estimate of drug-likeness (QED) is 0.584. The number of thioether (sulfide) groups is 2. The Morgan fingerprint density at radius 1 is 1.00 bits per heavy atom. The molecule has 0 aromatic heterocycles. The second-order valence-electron chi connectivity index (χ2n) is 7.11. The first-order chi connectivity index (χ1) is 15.4. The van der Waals surface area contributed by atoms with Gasteiger partial charge in [0, 0.05) is 11.4 Å². The SMILES string of the molecule is CCOC(=O)C1=NN(c2cccc(C)c2)C2(S1)SC(C(=O)OC)=C(C)N2c1ccccc1. The Labute approximate surface area is 195 Å². The van der Waals surface area contributed by atoms with Crippen LogP contribution in [0.3, 0.4) is 0 Å². The number of ether oxygens (including phenoxy) is 2. The van der Waals surface area contributed by atoms with Gasteiger partial charge < -0.3 is 14.4 Å². The second-order valence-corrected chi connectivity index (χ2v) is 9.71. The molecule has 0 saturated heterocycles. The number of hydrogen-bond donors (Lipinski definition) is 0. The zero-order chi connectivity index (χ0) is 22.9. The molecule has 2 heterocycles. The van der Waals surface area contributed by atoms with Gasteiger partial charge in [0.1, 0.15) is 4.91 Å². The van der Waals surface area contributed by atoms with Gasteiger partial charge in [0.15, 0.2) is 0 Å². The van der Waals surface area contributed by atoms with Crippen molar-refractivity contribution in [1.82, 2.24) is 0 Å². The van der Waals surface area contributed by atoms with E-state index in [4.69, 9.17) is 9.47 Å². The van der Waals surface area contributed by atoms with Crippen LogP contribution in [-0.4, -0.2) is 35.0 Å². The maximum absolute atomic E-state index is 12.7. The average molecular weight is 470 g/mol. The minimum Gasteiger partial charge on any atom is -0.465 e. The van der Waals surface area contributed by atoms with Gasteiger partial charge in [-0.25, -0.2) is 14.6 Å². The number of rotatable bonds is 5. The van der Waals surface area contributed by atoms with E-state index in [1.54, 1.807) is 11.9 Å². The van der Waals surface area contributed by atoms with Crippen LogP contribution >= 0.6 is 23.5 Å². The summed E-state index contributed by atoms with van der Waals surface area (Å²) < 4.78 is 9.33. The second kappa shape index (κ2) is 8.91. The van der Waals surface area contributed by atoms with Crippen molar-refractivity contribution in [2.75, 3.05) is 23.6 Å². The highest BCUT2D eigenvalue weighted by atomic mass is 32.2. The lowest BCUT2D eigenvalue weighted by Crippen LogP contribution is -2.49. The number of carbonyl (C=O) groups is 2. The minimum absolute atomic E-state index is 0.223. The molecule has 4 rings (SSSR count). The summed E-state index contributed by atoms with van der Waals surface area (Å²) in [4.78, 5) is 27.8. The van der Waals surface area contributed by atoms with Crippen LogP contribution in [0, 0.1) is 6.92 Å². The number of methoxy groups -OCH3 is 1. The molecular formula is C23H23N3O4S2. The molecule has 1 spiro atoms. The van der Waals surface area contributed by atoms with Crippen LogP contribution in [0.1, 0.15) is 19.4 Å². The molecule has 0 N–H and O–H groups in total. The molecule has 2 aliphatic heterocycles. The summed E-state index contributed by atoms with van der Waals surface area (Å²) in [5, 5.41) is 6.69. The smallest absolute Gasteiger partial charge is 0.365 e. The van der Waals surface area contributed by atoms with E-state index in [0.29, 0.717) is 4.91 Å². The summed E-state index contributed by atoms with van der Waals surface area (Å²) >= 11 is 2.57. The Morgan fingerprint density at radius 2 is 1.72 bits per heavy atom. The molecule has 2 aromatic rings. The number of anilines is 2. The maximum Gasteiger partial charge on any atom is 0.365 e. The van der Waals surface area contributed by atoms with E-state index in [0.717, 1.165) is 22.6 Å². The van der Waals surface area contributed by atoms with Crippen LogP contribution in [0.5, 0.6) is 0 Å². The molecule has 1 unspecified atom stereocenters. The standard InChI is InChI=1S/C23H23N3O4S2/c1-5-30-22(28)20-24-26(18-13-9-10-15(2)14-18)23(32-20)25(17-11-7-6-8-12-17)16(3)19(31-23)21(27)29-4/h6-14H,5H2,1-4H3. The molecular weight excluding hydrogens is 446 g/mol. The molecule has 2 aliphatic rings. The van der Waals surface area contributed by atoms with Crippen molar-refractivity contribution in [3.8, 4) is 0 Å². The van der Waals surface area contributed by atoms with Gasteiger partial charge in [0.05, 0.1) is 19.4 Å². The number of allylic oxidation sites excluding steroid dienone is 1. The molecule has 0 amide bonds. The largest absolute Gasteiger partial charge is 0.465 e. The van der Waals surface area contributed by atoms with Gasteiger partial charge in [-0.05, 0) is 62.4 Å². The topological polar surface area (TPSA) is 71.4 Å². The Hall–Kier alpha value is -2.91. The molecule has 0 saturated carbocycles. The van der Waals surface area contributed by atoms with Crippen LogP contribution in [0.4, 0.5) is 11.4 Å². The summed E-state index contributed by atoms with van der Waals surface area (Å²) in [6.07, 6.45) is 0. The highest BCUT2D eigenvalue weighted by Crippen LogP contribution is 2.60.